The van der Waals surface area contributed by atoms with Crippen molar-refractivity contribution in [1.29, 1.82) is 0 Å². The molecule has 0 N–H and O–H groups in total. The van der Waals surface area contributed by atoms with E-state index in [0.29, 0.717) is 11.0 Å². The van der Waals surface area contributed by atoms with Crippen LogP contribution in [0.15, 0.2) is 62.4 Å². The maximum Gasteiger partial charge on any atom is 0.211 e. The molecule has 6 heteroatoms. The van der Waals surface area contributed by atoms with Gasteiger partial charge in [0, 0.05) is 12.3 Å². The van der Waals surface area contributed by atoms with Gasteiger partial charge in [-0.2, -0.15) is 0 Å². The average Bonchev–Trinajstić information content (AvgIpc) is 2.75. The van der Waals surface area contributed by atoms with Gasteiger partial charge in [-0.3, -0.25) is 9.79 Å². The van der Waals surface area contributed by atoms with Crippen LogP contribution in [0.4, 0.5) is 0 Å². The van der Waals surface area contributed by atoms with Crippen molar-refractivity contribution in [2.24, 2.45) is 4.99 Å². The van der Waals surface area contributed by atoms with Crippen molar-refractivity contribution in [3.63, 3.8) is 0 Å². The molecule has 3 rings (SSSR count). The van der Waals surface area contributed by atoms with Crippen molar-refractivity contribution in [2.45, 2.75) is 0 Å². The number of fused-ring (bicyclic) bond motifs is 1. The van der Waals surface area contributed by atoms with Gasteiger partial charge in [-0.15, -0.1) is 0 Å². The van der Waals surface area contributed by atoms with Crippen molar-refractivity contribution in [3.8, 4) is 0 Å². The molecule has 1 aromatic heterocycles. The molecule has 5 nitrogen and oxygen atoms in total. The highest BCUT2D eigenvalue weighted by Crippen LogP contribution is 2.06. The first kappa shape index (κ1) is 12.3. The molecule has 2 aromatic rings. The Bertz CT molecular complexity index is 749. The van der Waals surface area contributed by atoms with Crippen LogP contribution < -0.4 is 5.43 Å². The van der Waals surface area contributed by atoms with E-state index in [-0.39, 0.29) is 5.43 Å². The highest BCUT2D eigenvalue weighted by Gasteiger charge is 2.02. The minimum absolute atomic E-state index is 0.00634. The Morgan fingerprint density at radius 1 is 1.11 bits per heavy atom. The summed E-state index contributed by atoms with van der Waals surface area (Å²) in [4.78, 5) is 14.5. The summed E-state index contributed by atoms with van der Waals surface area (Å²) in [5.41, 5.74) is 1.55. The third-order valence-corrected chi connectivity index (χ3v) is 3.03. The Labute approximate surface area is 103 Å². The van der Waals surface area contributed by atoms with Gasteiger partial charge in [0.1, 0.15) is 11.1 Å². The number of nitrogens with zero attached hydrogens (tertiary/aromatic N) is 1. The van der Waals surface area contributed by atoms with Crippen LogP contribution in [-0.4, -0.2) is 14.0 Å². The first-order valence-electron chi connectivity index (χ1n) is 5.00. The molecule has 1 aliphatic heterocycles. The second-order valence-electron chi connectivity index (χ2n) is 3.41. The Balaban J connectivity index is 0.000000149. The summed E-state index contributed by atoms with van der Waals surface area (Å²) in [6.07, 6.45) is 2.65. The minimum Gasteiger partial charge on any atom is -0.464 e. The fraction of sp³-hybridized carbons (Fsp3) is 0. The molecule has 18 heavy (non-hydrogen) atoms. The van der Waals surface area contributed by atoms with E-state index < -0.39 is 9.84 Å². The van der Waals surface area contributed by atoms with E-state index in [0.717, 1.165) is 11.0 Å². The lowest BCUT2D eigenvalue weighted by Crippen LogP contribution is -1.96. The van der Waals surface area contributed by atoms with Crippen molar-refractivity contribution >= 4 is 26.4 Å². The topological polar surface area (TPSA) is 76.7 Å². The smallest absolute Gasteiger partial charge is 0.211 e. The molecule has 92 valence electrons. The Morgan fingerprint density at radius 3 is 2.44 bits per heavy atom. The second kappa shape index (κ2) is 4.97. The van der Waals surface area contributed by atoms with Gasteiger partial charge >= 0.3 is 0 Å². The van der Waals surface area contributed by atoms with E-state index in [4.69, 9.17) is 4.42 Å². The molecule has 0 saturated heterocycles. The number of rotatable bonds is 0. The molecular formula is C12H9NO4S. The van der Waals surface area contributed by atoms with Crippen LogP contribution in [0.1, 0.15) is 0 Å². The SMILES string of the molecule is O=S1(=O)C=CN=C1.O=c1ccoc2ccccc12. The van der Waals surface area contributed by atoms with Crippen LogP contribution in [0.2, 0.25) is 0 Å². The van der Waals surface area contributed by atoms with E-state index in [2.05, 4.69) is 4.99 Å². The molecule has 1 aromatic carbocycles. The number of sulfone groups is 1. The second-order valence-corrected chi connectivity index (χ2v) is 5.07. The Kier molecular flexibility index (Phi) is 3.38. The molecule has 0 fully saturated rings. The number of aliphatic imine (C=N–C) groups is 1. The molecule has 0 bridgehead atoms. The molecule has 0 unspecified atom stereocenters. The number of benzene rings is 1. The quantitative estimate of drug-likeness (QED) is 0.725. The standard InChI is InChI=1S/C9H6O2.C3H3NO2S/c10-8-5-6-11-9-4-2-1-3-7(8)9;5-7(6)2-1-4-3-7/h1-6H;1-3H. The van der Waals surface area contributed by atoms with Crippen molar-refractivity contribution in [1.82, 2.24) is 0 Å². The van der Waals surface area contributed by atoms with Crippen LogP contribution in [0, 0.1) is 0 Å². The lowest BCUT2D eigenvalue weighted by molar-refractivity contribution is 0.602. The zero-order valence-corrected chi connectivity index (χ0v) is 10.0. The van der Waals surface area contributed by atoms with Crippen LogP contribution in [0.25, 0.3) is 11.0 Å². The predicted molar refractivity (Wildman–Crippen MR) is 69.0 cm³/mol. The van der Waals surface area contributed by atoms with E-state index in [1.54, 1.807) is 12.1 Å². The molecule has 0 aliphatic carbocycles. The lowest BCUT2D eigenvalue weighted by atomic mass is 10.2. The first-order valence-corrected chi connectivity index (χ1v) is 6.61. The van der Waals surface area contributed by atoms with Gasteiger partial charge in [0.15, 0.2) is 5.43 Å². The van der Waals surface area contributed by atoms with Crippen LogP contribution in [0.3, 0.4) is 0 Å². The van der Waals surface area contributed by atoms with E-state index in [9.17, 15) is 13.2 Å². The molecule has 0 saturated carbocycles. The molecule has 2 heterocycles. The maximum atomic E-state index is 11.1. The predicted octanol–water partition coefficient (Wildman–Crippen LogP) is 1.71. The monoisotopic (exact) mass is 263 g/mol. The summed E-state index contributed by atoms with van der Waals surface area (Å²) < 4.78 is 25.5. The largest absolute Gasteiger partial charge is 0.464 e. The highest BCUT2D eigenvalue weighted by molar-refractivity contribution is 8.07. The van der Waals surface area contributed by atoms with E-state index in [1.807, 2.05) is 12.1 Å². The lowest BCUT2D eigenvalue weighted by Gasteiger charge is -1.91. The Morgan fingerprint density at radius 2 is 1.89 bits per heavy atom. The minimum atomic E-state index is -3.02. The molecule has 0 amide bonds. The molecule has 1 aliphatic rings. The van der Waals surface area contributed by atoms with E-state index in [1.165, 1.54) is 18.5 Å². The number of hydrogen-bond acceptors (Lipinski definition) is 5. The van der Waals surface area contributed by atoms with Gasteiger partial charge in [0.25, 0.3) is 0 Å². The first-order chi connectivity index (χ1) is 8.58. The van der Waals surface area contributed by atoms with Gasteiger partial charge in [-0.25, -0.2) is 8.42 Å². The molecule has 0 atom stereocenters. The van der Waals surface area contributed by atoms with Crippen LogP contribution >= 0.6 is 0 Å². The molecule has 0 radical (unpaired) electrons. The summed E-state index contributed by atoms with van der Waals surface area (Å²) in [6.45, 7) is 0. The summed E-state index contributed by atoms with van der Waals surface area (Å²) in [7, 11) is -3.02. The highest BCUT2D eigenvalue weighted by atomic mass is 32.2. The van der Waals surface area contributed by atoms with Crippen molar-refractivity contribution in [2.75, 3.05) is 0 Å². The summed E-state index contributed by atoms with van der Waals surface area (Å²) in [5.74, 6) is 0. The summed E-state index contributed by atoms with van der Waals surface area (Å²) in [5, 5.41) is 1.68. The number of para-hydroxylation sites is 1. The maximum absolute atomic E-state index is 11.1. The number of hydrogen-bond donors (Lipinski definition) is 0. The van der Waals surface area contributed by atoms with Gasteiger partial charge in [0.2, 0.25) is 9.84 Å². The normalized spacial score (nSPS) is 15.3. The molecule has 0 spiro atoms. The third-order valence-electron chi connectivity index (χ3n) is 2.11. The Hall–Kier alpha value is -2.21. The van der Waals surface area contributed by atoms with Gasteiger partial charge in [0.05, 0.1) is 17.1 Å². The fourth-order valence-corrected chi connectivity index (χ4v) is 1.86. The van der Waals surface area contributed by atoms with Gasteiger partial charge in [-0.05, 0) is 12.1 Å². The van der Waals surface area contributed by atoms with E-state index >= 15 is 0 Å². The summed E-state index contributed by atoms with van der Waals surface area (Å²) >= 11 is 0. The zero-order valence-electron chi connectivity index (χ0n) is 9.18. The van der Waals surface area contributed by atoms with Gasteiger partial charge in [-0.1, -0.05) is 12.1 Å². The van der Waals surface area contributed by atoms with Crippen LogP contribution in [0.5, 0.6) is 0 Å². The van der Waals surface area contributed by atoms with Crippen molar-refractivity contribution < 1.29 is 12.8 Å². The molecular weight excluding hydrogens is 254 g/mol. The average molecular weight is 263 g/mol. The fourth-order valence-electron chi connectivity index (χ4n) is 1.31. The zero-order chi connectivity index (χ0) is 13.0. The summed E-state index contributed by atoms with van der Waals surface area (Å²) in [6, 6.07) is 8.60. The van der Waals surface area contributed by atoms with Crippen molar-refractivity contribution in [3.05, 3.63) is 58.4 Å². The van der Waals surface area contributed by atoms with Gasteiger partial charge < -0.3 is 4.42 Å². The van der Waals surface area contributed by atoms with Crippen LogP contribution in [-0.2, 0) is 9.84 Å². The third kappa shape index (κ3) is 2.92.